The van der Waals surface area contributed by atoms with E-state index in [9.17, 15) is 19.8 Å². The average molecular weight is 535 g/mol. The molecular formula is C27H35BrO6. The van der Waals surface area contributed by atoms with Gasteiger partial charge in [0.15, 0.2) is 11.5 Å². The van der Waals surface area contributed by atoms with Crippen LogP contribution >= 0.6 is 15.9 Å². The molecule has 2 aliphatic rings. The van der Waals surface area contributed by atoms with Crippen LogP contribution in [0.2, 0.25) is 0 Å². The van der Waals surface area contributed by atoms with Crippen LogP contribution in [0.1, 0.15) is 64.9 Å². The van der Waals surface area contributed by atoms with Gasteiger partial charge in [-0.3, -0.25) is 9.59 Å². The molecule has 0 bridgehead atoms. The number of methoxy groups -OCH3 is 1. The molecule has 2 N–H and O–H groups in total. The molecule has 2 fully saturated rings. The molecule has 3 rings (SSSR count). The van der Waals surface area contributed by atoms with Gasteiger partial charge in [-0.25, -0.2) is 0 Å². The van der Waals surface area contributed by atoms with E-state index in [2.05, 4.69) is 21.9 Å². The second kappa shape index (κ2) is 10.0. The number of rotatable bonds is 6. The molecular weight excluding hydrogens is 500 g/mol. The molecule has 0 saturated heterocycles. The molecule has 0 spiro atoms. The Bertz CT molecular complexity index is 950. The maximum absolute atomic E-state index is 13.5. The number of ketones is 2. The number of halogens is 1. The standard InChI is InChI=1S/C27H35BrO6/c1-7-8-34-25-16(9-15(28)10-21(25)33-6)22(23-17(29)11-26(2,3)12-18(23)30)24-19(31)13-27(4,5)14-20(24)32/h1,9-10,17,19,22-24,29,31H,8,11-14H2,2-6H3/t17-,19-,23-,24-/m0/s1. The number of carbonyl (C=O) groups excluding carboxylic acids is 2. The highest BCUT2D eigenvalue weighted by molar-refractivity contribution is 9.10. The number of Topliss-reactive ketones (excluding diaryl/α,β-unsaturated/α-hetero) is 2. The van der Waals surface area contributed by atoms with Gasteiger partial charge >= 0.3 is 0 Å². The van der Waals surface area contributed by atoms with Crippen LogP contribution in [0.5, 0.6) is 11.5 Å². The summed E-state index contributed by atoms with van der Waals surface area (Å²) in [4.78, 5) is 27.0. The van der Waals surface area contributed by atoms with E-state index in [1.54, 1.807) is 12.1 Å². The lowest BCUT2D eigenvalue weighted by atomic mass is 9.58. The summed E-state index contributed by atoms with van der Waals surface area (Å²) in [5.41, 5.74) is -0.186. The molecule has 2 saturated carbocycles. The summed E-state index contributed by atoms with van der Waals surface area (Å²) in [6, 6.07) is 3.50. The number of aliphatic hydroxyl groups excluding tert-OH is 2. The van der Waals surface area contributed by atoms with Gasteiger partial charge in [-0.2, -0.15) is 0 Å². The van der Waals surface area contributed by atoms with Crippen molar-refractivity contribution in [2.24, 2.45) is 22.7 Å². The first kappa shape index (κ1) is 26.7. The Morgan fingerprint density at radius 3 is 1.97 bits per heavy atom. The predicted octanol–water partition coefficient (Wildman–Crippen LogP) is 4.29. The molecule has 4 atom stereocenters. The summed E-state index contributed by atoms with van der Waals surface area (Å²) in [5.74, 6) is 0.369. The largest absolute Gasteiger partial charge is 0.493 e. The monoisotopic (exact) mass is 534 g/mol. The van der Waals surface area contributed by atoms with Crippen LogP contribution in [0, 0.1) is 35.0 Å². The van der Waals surface area contributed by atoms with Crippen molar-refractivity contribution < 1.29 is 29.3 Å². The number of ether oxygens (including phenoxy) is 2. The van der Waals surface area contributed by atoms with Crippen molar-refractivity contribution in [3.05, 3.63) is 22.2 Å². The van der Waals surface area contributed by atoms with Crippen molar-refractivity contribution in [1.29, 1.82) is 0 Å². The molecule has 6 nitrogen and oxygen atoms in total. The summed E-state index contributed by atoms with van der Waals surface area (Å²) in [5, 5.41) is 22.5. The zero-order chi connectivity index (χ0) is 25.4. The zero-order valence-electron chi connectivity index (χ0n) is 20.6. The number of aliphatic hydroxyl groups is 2. The van der Waals surface area contributed by atoms with Gasteiger partial charge in [0.2, 0.25) is 0 Å². The number of hydrogen-bond acceptors (Lipinski definition) is 6. The molecule has 0 aliphatic heterocycles. The lowest BCUT2D eigenvalue weighted by molar-refractivity contribution is -0.144. The Balaban J connectivity index is 2.23. The SMILES string of the molecule is C#CCOc1c(OC)cc(Br)cc1C([C@@H]1C(=O)CC(C)(C)C[C@@H]1O)[C@@H]1C(=O)CC(C)(C)C[C@@H]1O. The number of benzene rings is 1. The van der Waals surface area contributed by atoms with E-state index >= 15 is 0 Å². The molecule has 2 aliphatic carbocycles. The Morgan fingerprint density at radius 2 is 1.56 bits per heavy atom. The van der Waals surface area contributed by atoms with Gasteiger partial charge in [0.25, 0.3) is 0 Å². The molecule has 1 aromatic carbocycles. The van der Waals surface area contributed by atoms with Gasteiger partial charge in [-0.15, -0.1) is 6.42 Å². The Labute approximate surface area is 210 Å². The third-order valence-electron chi connectivity index (χ3n) is 7.10. The second-order valence-corrected chi connectivity index (χ2v) is 12.2. The molecule has 1 aromatic rings. The van der Waals surface area contributed by atoms with Crippen LogP contribution in [0.4, 0.5) is 0 Å². The topological polar surface area (TPSA) is 93.1 Å². The normalized spacial score (nSPS) is 28.5. The third-order valence-corrected chi connectivity index (χ3v) is 7.56. The van der Waals surface area contributed by atoms with E-state index in [0.29, 0.717) is 34.4 Å². The summed E-state index contributed by atoms with van der Waals surface area (Å²) >= 11 is 3.50. The van der Waals surface area contributed by atoms with Crippen LogP contribution in [0.25, 0.3) is 0 Å². The average Bonchev–Trinajstić information content (AvgIpc) is 2.68. The van der Waals surface area contributed by atoms with Gasteiger partial charge in [0.1, 0.15) is 18.2 Å². The van der Waals surface area contributed by atoms with Gasteiger partial charge in [0, 0.05) is 28.8 Å². The highest BCUT2D eigenvalue weighted by atomic mass is 79.9. The van der Waals surface area contributed by atoms with Crippen LogP contribution in [-0.4, -0.2) is 47.7 Å². The number of carbonyl (C=O) groups is 2. The fourth-order valence-corrected chi connectivity index (χ4v) is 6.34. The molecule has 34 heavy (non-hydrogen) atoms. The van der Waals surface area contributed by atoms with Crippen LogP contribution in [-0.2, 0) is 9.59 Å². The Hall–Kier alpha value is -1.88. The quantitative estimate of drug-likeness (QED) is 0.529. The highest BCUT2D eigenvalue weighted by Crippen LogP contribution is 2.53. The van der Waals surface area contributed by atoms with Gasteiger partial charge < -0.3 is 19.7 Å². The van der Waals surface area contributed by atoms with Crippen molar-refractivity contribution in [2.75, 3.05) is 13.7 Å². The van der Waals surface area contributed by atoms with Gasteiger partial charge in [-0.1, -0.05) is 49.5 Å². The smallest absolute Gasteiger partial charge is 0.166 e. The van der Waals surface area contributed by atoms with Crippen molar-refractivity contribution in [1.82, 2.24) is 0 Å². The maximum Gasteiger partial charge on any atom is 0.166 e. The number of terminal acetylenes is 1. The predicted molar refractivity (Wildman–Crippen MR) is 133 cm³/mol. The maximum atomic E-state index is 13.5. The Kier molecular flexibility index (Phi) is 7.86. The number of hydrogen-bond donors (Lipinski definition) is 2. The molecule has 7 heteroatoms. The summed E-state index contributed by atoms with van der Waals surface area (Å²) in [7, 11) is 1.50. The van der Waals surface area contributed by atoms with Crippen molar-refractivity contribution >= 4 is 27.5 Å². The molecule has 0 amide bonds. The first-order chi connectivity index (χ1) is 15.8. The highest BCUT2D eigenvalue weighted by Gasteiger charge is 2.53. The summed E-state index contributed by atoms with van der Waals surface area (Å²) < 4.78 is 12.1. The Morgan fingerprint density at radius 1 is 1.06 bits per heavy atom. The molecule has 0 aromatic heterocycles. The van der Waals surface area contributed by atoms with Gasteiger partial charge in [0.05, 0.1) is 31.2 Å². The zero-order valence-corrected chi connectivity index (χ0v) is 22.1. The fourth-order valence-electron chi connectivity index (χ4n) is 5.88. The molecule has 0 unspecified atom stereocenters. The van der Waals surface area contributed by atoms with E-state index in [0.717, 1.165) is 0 Å². The van der Waals surface area contributed by atoms with Crippen LogP contribution < -0.4 is 9.47 Å². The second-order valence-electron chi connectivity index (χ2n) is 11.3. The van der Waals surface area contributed by atoms with Crippen LogP contribution in [0.3, 0.4) is 0 Å². The van der Waals surface area contributed by atoms with E-state index < -0.39 is 30.0 Å². The van der Waals surface area contributed by atoms with Crippen LogP contribution in [0.15, 0.2) is 16.6 Å². The molecule has 0 heterocycles. The van der Waals surface area contributed by atoms with E-state index in [1.807, 2.05) is 27.7 Å². The lowest BCUT2D eigenvalue weighted by Crippen LogP contribution is -2.51. The van der Waals surface area contributed by atoms with E-state index in [4.69, 9.17) is 15.9 Å². The summed E-state index contributed by atoms with van der Waals surface area (Å²) in [6.07, 6.45) is 4.88. The van der Waals surface area contributed by atoms with E-state index in [1.165, 1.54) is 7.11 Å². The first-order valence-electron chi connectivity index (χ1n) is 11.7. The summed E-state index contributed by atoms with van der Waals surface area (Å²) in [6.45, 7) is 7.76. The van der Waals surface area contributed by atoms with Crippen molar-refractivity contribution in [3.63, 3.8) is 0 Å². The molecule has 0 radical (unpaired) electrons. The first-order valence-corrected chi connectivity index (χ1v) is 12.4. The van der Waals surface area contributed by atoms with E-state index in [-0.39, 0.29) is 41.8 Å². The lowest BCUT2D eigenvalue weighted by Gasteiger charge is -2.46. The van der Waals surface area contributed by atoms with Crippen molar-refractivity contribution in [3.8, 4) is 23.8 Å². The van der Waals surface area contributed by atoms with Gasteiger partial charge in [-0.05, 0) is 35.8 Å². The minimum atomic E-state index is -0.971. The molecule has 186 valence electrons. The minimum Gasteiger partial charge on any atom is -0.493 e. The minimum absolute atomic E-state index is 0.0416. The fraction of sp³-hybridized carbons (Fsp3) is 0.630. The van der Waals surface area contributed by atoms with Crippen molar-refractivity contribution in [2.45, 2.75) is 71.5 Å². The third kappa shape index (κ3) is 5.50.